The van der Waals surface area contributed by atoms with E-state index >= 15 is 0 Å². The zero-order valence-corrected chi connectivity index (χ0v) is 13.0. The first-order valence-electron chi connectivity index (χ1n) is 6.77. The van der Waals surface area contributed by atoms with E-state index in [9.17, 15) is 13.2 Å². The Kier molecular flexibility index (Phi) is 3.34. The number of hydrogen-bond acceptors (Lipinski definition) is 4. The topological polar surface area (TPSA) is 77.7 Å². The number of sulfonamides is 1. The van der Waals surface area contributed by atoms with Crippen molar-refractivity contribution in [3.05, 3.63) is 36.4 Å². The van der Waals surface area contributed by atoms with Gasteiger partial charge in [-0.3, -0.25) is 4.79 Å². The molecule has 1 fully saturated rings. The van der Waals surface area contributed by atoms with Gasteiger partial charge in [-0.1, -0.05) is 18.2 Å². The summed E-state index contributed by atoms with van der Waals surface area (Å²) < 4.78 is 26.2. The predicted molar refractivity (Wildman–Crippen MR) is 83.6 cm³/mol. The van der Waals surface area contributed by atoms with E-state index in [0.29, 0.717) is 5.39 Å². The minimum absolute atomic E-state index is 0.0316. The highest BCUT2D eigenvalue weighted by molar-refractivity contribution is 7.89. The van der Waals surface area contributed by atoms with Gasteiger partial charge in [0.15, 0.2) is 0 Å². The van der Waals surface area contributed by atoms with Gasteiger partial charge in [0.25, 0.3) is 0 Å². The number of carboxylic acid groups (broad SMARTS) is 1. The Balaban J connectivity index is 2.10. The highest BCUT2D eigenvalue weighted by Gasteiger charge is 2.49. The highest BCUT2D eigenvalue weighted by atomic mass is 32.2. The molecule has 1 unspecified atom stereocenters. The van der Waals surface area contributed by atoms with Crippen LogP contribution in [0.3, 0.4) is 0 Å². The lowest BCUT2D eigenvalue weighted by atomic mass is 10.1. The highest BCUT2D eigenvalue weighted by Crippen LogP contribution is 2.33. The molecule has 2 aromatic rings. The molecule has 0 aliphatic carbocycles. The molecule has 1 saturated heterocycles. The van der Waals surface area contributed by atoms with E-state index in [1.807, 2.05) is 37.2 Å². The van der Waals surface area contributed by atoms with E-state index in [-0.39, 0.29) is 11.4 Å². The van der Waals surface area contributed by atoms with Crippen LogP contribution in [0.5, 0.6) is 0 Å². The Bertz CT molecular complexity index is 861. The summed E-state index contributed by atoms with van der Waals surface area (Å²) in [6.45, 7) is 0.0316. The quantitative estimate of drug-likeness (QED) is 0.861. The minimum atomic E-state index is -3.78. The molecule has 1 aliphatic heterocycles. The van der Waals surface area contributed by atoms with Crippen molar-refractivity contribution < 1.29 is 18.3 Å². The van der Waals surface area contributed by atoms with E-state index in [2.05, 4.69) is 0 Å². The fourth-order valence-corrected chi connectivity index (χ4v) is 4.19. The van der Waals surface area contributed by atoms with Gasteiger partial charge in [0.1, 0.15) is 6.04 Å². The van der Waals surface area contributed by atoms with Crippen LogP contribution in [0.15, 0.2) is 41.3 Å². The number of hydrogen-bond donors (Lipinski definition) is 1. The average Bonchev–Trinajstić information content (AvgIpc) is 3.27. The minimum Gasteiger partial charge on any atom is -0.480 e. The summed E-state index contributed by atoms with van der Waals surface area (Å²) in [6.07, 6.45) is 0. The number of benzene rings is 2. The van der Waals surface area contributed by atoms with Gasteiger partial charge in [0.05, 0.1) is 4.90 Å². The average molecular weight is 320 g/mol. The maximum absolute atomic E-state index is 12.6. The summed E-state index contributed by atoms with van der Waals surface area (Å²) >= 11 is 0. The van der Waals surface area contributed by atoms with Crippen molar-refractivity contribution in [1.29, 1.82) is 0 Å². The molecule has 0 aromatic heterocycles. The molecular weight excluding hydrogens is 304 g/mol. The maximum Gasteiger partial charge on any atom is 0.323 e. The number of nitrogens with zero attached hydrogens (tertiary/aromatic N) is 2. The molecular formula is C15H16N2O4S. The van der Waals surface area contributed by atoms with Crippen molar-refractivity contribution in [3.63, 3.8) is 0 Å². The fourth-order valence-electron chi connectivity index (χ4n) is 2.46. The van der Waals surface area contributed by atoms with Gasteiger partial charge in [-0.15, -0.1) is 0 Å². The lowest BCUT2D eigenvalue weighted by Crippen LogP contribution is -2.19. The van der Waals surface area contributed by atoms with Gasteiger partial charge in [-0.2, -0.15) is 4.31 Å². The van der Waals surface area contributed by atoms with E-state index in [1.54, 1.807) is 12.1 Å². The molecule has 1 aliphatic rings. The van der Waals surface area contributed by atoms with Crippen molar-refractivity contribution in [2.75, 3.05) is 25.5 Å². The zero-order valence-electron chi connectivity index (χ0n) is 12.2. The molecule has 0 radical (unpaired) electrons. The largest absolute Gasteiger partial charge is 0.480 e. The van der Waals surface area contributed by atoms with E-state index < -0.39 is 22.0 Å². The van der Waals surface area contributed by atoms with Crippen LogP contribution in [0.25, 0.3) is 10.8 Å². The third-order valence-corrected chi connectivity index (χ3v) is 5.71. The number of carboxylic acids is 1. The van der Waals surface area contributed by atoms with E-state index in [1.165, 1.54) is 6.07 Å². The summed E-state index contributed by atoms with van der Waals surface area (Å²) in [5, 5.41) is 10.3. The molecule has 2 atom stereocenters. The molecule has 1 heterocycles. The van der Waals surface area contributed by atoms with Crippen LogP contribution in [0, 0.1) is 0 Å². The summed E-state index contributed by atoms with van der Waals surface area (Å²) in [5.74, 6) is -1.11. The summed E-state index contributed by atoms with van der Waals surface area (Å²) in [4.78, 5) is 13.0. The van der Waals surface area contributed by atoms with Gasteiger partial charge in [0.2, 0.25) is 10.0 Å². The molecule has 116 valence electrons. The van der Waals surface area contributed by atoms with Crippen LogP contribution >= 0.6 is 0 Å². The van der Waals surface area contributed by atoms with Crippen molar-refractivity contribution in [3.8, 4) is 0 Å². The Labute approximate surface area is 128 Å². The fraction of sp³-hybridized carbons (Fsp3) is 0.267. The lowest BCUT2D eigenvalue weighted by Gasteiger charge is -2.14. The van der Waals surface area contributed by atoms with Crippen molar-refractivity contribution in [1.82, 2.24) is 4.31 Å². The summed E-state index contributed by atoms with van der Waals surface area (Å²) in [7, 11) is 0.0429. The third kappa shape index (κ3) is 2.32. The second-order valence-electron chi connectivity index (χ2n) is 5.48. The van der Waals surface area contributed by atoms with Crippen LogP contribution in [-0.4, -0.2) is 50.5 Å². The second kappa shape index (κ2) is 4.96. The Morgan fingerprint density at radius 3 is 2.59 bits per heavy atom. The third-order valence-electron chi connectivity index (χ3n) is 3.78. The Morgan fingerprint density at radius 1 is 1.27 bits per heavy atom. The molecule has 3 rings (SSSR count). The number of anilines is 1. The molecule has 2 aromatic carbocycles. The summed E-state index contributed by atoms with van der Waals surface area (Å²) in [6, 6.07) is 9.61. The standard InChI is InChI=1S/C15H16N2O4S/c1-16(2)11-6-7-12-10(8-11)4-3-5-14(12)22(20,21)17-9-13(17)15(18)19/h3-8,13H,9H2,1-2H3,(H,18,19)/t13-,17?/m0/s1. The Morgan fingerprint density at radius 2 is 2.00 bits per heavy atom. The first kappa shape index (κ1) is 14.8. The maximum atomic E-state index is 12.6. The van der Waals surface area contributed by atoms with Crippen LogP contribution < -0.4 is 4.90 Å². The number of rotatable bonds is 4. The number of fused-ring (bicyclic) bond motifs is 1. The van der Waals surface area contributed by atoms with Crippen molar-refractivity contribution >= 4 is 32.5 Å². The van der Waals surface area contributed by atoms with Crippen molar-refractivity contribution in [2.45, 2.75) is 10.9 Å². The van der Waals surface area contributed by atoms with E-state index in [4.69, 9.17) is 5.11 Å². The molecule has 0 saturated carbocycles. The van der Waals surface area contributed by atoms with Gasteiger partial charge in [-0.25, -0.2) is 8.42 Å². The van der Waals surface area contributed by atoms with Gasteiger partial charge >= 0.3 is 5.97 Å². The van der Waals surface area contributed by atoms with Gasteiger partial charge in [0, 0.05) is 31.7 Å². The molecule has 1 N–H and O–H groups in total. The molecule has 22 heavy (non-hydrogen) atoms. The van der Waals surface area contributed by atoms with Crippen LogP contribution in [0.2, 0.25) is 0 Å². The Hall–Kier alpha value is -2.12. The number of carbonyl (C=O) groups is 1. The first-order valence-corrected chi connectivity index (χ1v) is 8.21. The summed E-state index contributed by atoms with van der Waals surface area (Å²) in [5.41, 5.74) is 0.970. The molecule has 0 amide bonds. The first-order chi connectivity index (χ1) is 10.3. The van der Waals surface area contributed by atoms with Gasteiger partial charge in [-0.05, 0) is 23.6 Å². The molecule has 0 spiro atoms. The molecule has 7 heteroatoms. The normalized spacial score (nSPS) is 20.8. The SMILES string of the molecule is CN(C)c1ccc2c(S(=O)(=O)N3C[C@H]3C(=O)O)cccc2c1. The van der Waals surface area contributed by atoms with E-state index in [0.717, 1.165) is 15.4 Å². The monoisotopic (exact) mass is 320 g/mol. The molecule has 6 nitrogen and oxygen atoms in total. The zero-order chi connectivity index (χ0) is 16.1. The van der Waals surface area contributed by atoms with Crippen molar-refractivity contribution in [2.24, 2.45) is 0 Å². The smallest absolute Gasteiger partial charge is 0.323 e. The predicted octanol–water partition coefficient (Wildman–Crippen LogP) is 1.36. The van der Waals surface area contributed by atoms with Gasteiger partial charge < -0.3 is 10.0 Å². The van der Waals surface area contributed by atoms with Crippen LogP contribution in [0.1, 0.15) is 0 Å². The second-order valence-corrected chi connectivity index (χ2v) is 7.34. The van der Waals surface area contributed by atoms with Crippen LogP contribution in [0.4, 0.5) is 5.69 Å². The van der Waals surface area contributed by atoms with Crippen LogP contribution in [-0.2, 0) is 14.8 Å². The molecule has 0 bridgehead atoms. The lowest BCUT2D eigenvalue weighted by molar-refractivity contribution is -0.136. The number of aliphatic carboxylic acids is 1.